The lowest BCUT2D eigenvalue weighted by Gasteiger charge is -2.10. The summed E-state index contributed by atoms with van der Waals surface area (Å²) in [5.74, 6) is -0.319. The highest BCUT2D eigenvalue weighted by Crippen LogP contribution is 2.24. The van der Waals surface area contributed by atoms with Crippen LogP contribution in [0.25, 0.3) is 11.1 Å². The van der Waals surface area contributed by atoms with Crippen LogP contribution in [0.2, 0.25) is 0 Å². The number of benzene rings is 1. The average Bonchev–Trinajstić information content (AvgIpc) is 2.58. The molecule has 0 aliphatic carbocycles. The Morgan fingerprint density at radius 1 is 1.04 bits per heavy atom. The maximum absolute atomic E-state index is 12.3. The zero-order valence-corrected chi connectivity index (χ0v) is 12.5. The molecule has 1 aromatic carbocycles. The summed E-state index contributed by atoms with van der Waals surface area (Å²) in [5, 5.41) is 2.79. The second kappa shape index (κ2) is 6.23. The third-order valence-electron chi connectivity index (χ3n) is 3.38. The molecule has 0 aliphatic heterocycles. The minimum Gasteiger partial charge on any atom is -0.382 e. The fourth-order valence-electron chi connectivity index (χ4n) is 2.15. The molecule has 3 N–H and O–H groups in total. The van der Waals surface area contributed by atoms with Crippen molar-refractivity contribution in [1.82, 2.24) is 15.0 Å². The molecule has 2 aromatic heterocycles. The van der Waals surface area contributed by atoms with Crippen molar-refractivity contribution in [2.45, 2.75) is 6.92 Å². The molecule has 0 spiro atoms. The normalized spacial score (nSPS) is 10.3. The van der Waals surface area contributed by atoms with Crippen molar-refractivity contribution < 1.29 is 4.79 Å². The van der Waals surface area contributed by atoms with Gasteiger partial charge in [-0.1, -0.05) is 30.3 Å². The molecule has 6 heteroatoms. The third-order valence-corrected chi connectivity index (χ3v) is 3.38. The Bertz CT molecular complexity index is 849. The summed E-state index contributed by atoms with van der Waals surface area (Å²) in [6, 6.07) is 11.7. The fourth-order valence-corrected chi connectivity index (χ4v) is 2.15. The van der Waals surface area contributed by atoms with Crippen LogP contribution in [0.15, 0.2) is 55.0 Å². The second-order valence-corrected chi connectivity index (χ2v) is 4.97. The predicted molar refractivity (Wildman–Crippen MR) is 88.8 cm³/mol. The highest BCUT2D eigenvalue weighted by atomic mass is 16.1. The standard InChI is InChI=1S/C17H15N5O/c1-11-14(22-17(23)15-16(18)20-8-7-19-15)9-13(10-21-11)12-5-3-2-4-6-12/h2-10H,1H3,(H2,18,20)(H,22,23). The van der Waals surface area contributed by atoms with E-state index in [9.17, 15) is 4.79 Å². The maximum Gasteiger partial charge on any atom is 0.278 e. The molecule has 0 saturated carbocycles. The van der Waals surface area contributed by atoms with Crippen LogP contribution < -0.4 is 11.1 Å². The second-order valence-electron chi connectivity index (χ2n) is 4.97. The first-order chi connectivity index (χ1) is 11.1. The molecule has 2 heterocycles. The number of carbonyl (C=O) groups excluding carboxylic acids is 1. The van der Waals surface area contributed by atoms with E-state index in [1.807, 2.05) is 43.3 Å². The quantitative estimate of drug-likeness (QED) is 0.776. The van der Waals surface area contributed by atoms with Gasteiger partial charge in [0.2, 0.25) is 0 Å². The van der Waals surface area contributed by atoms with Crippen molar-refractivity contribution in [1.29, 1.82) is 0 Å². The van der Waals surface area contributed by atoms with Gasteiger partial charge in [-0.3, -0.25) is 9.78 Å². The number of amides is 1. The molecule has 23 heavy (non-hydrogen) atoms. The highest BCUT2D eigenvalue weighted by molar-refractivity contribution is 6.06. The number of carbonyl (C=O) groups is 1. The number of hydrogen-bond donors (Lipinski definition) is 2. The van der Waals surface area contributed by atoms with Gasteiger partial charge in [-0.2, -0.15) is 0 Å². The zero-order valence-electron chi connectivity index (χ0n) is 12.5. The molecule has 0 bridgehead atoms. The van der Waals surface area contributed by atoms with E-state index in [-0.39, 0.29) is 11.5 Å². The van der Waals surface area contributed by atoms with Gasteiger partial charge in [-0.25, -0.2) is 9.97 Å². The Morgan fingerprint density at radius 3 is 2.52 bits per heavy atom. The van der Waals surface area contributed by atoms with Gasteiger partial charge in [0, 0.05) is 24.2 Å². The van der Waals surface area contributed by atoms with E-state index in [1.165, 1.54) is 12.4 Å². The van der Waals surface area contributed by atoms with Gasteiger partial charge in [0.1, 0.15) is 0 Å². The molecule has 6 nitrogen and oxygen atoms in total. The SMILES string of the molecule is Cc1ncc(-c2ccccc2)cc1NC(=O)c1nccnc1N. The Hall–Kier alpha value is -3.28. The number of pyridine rings is 1. The summed E-state index contributed by atoms with van der Waals surface area (Å²) in [6.07, 6.45) is 4.64. The minimum absolute atomic E-state index is 0.0924. The van der Waals surface area contributed by atoms with Crippen molar-refractivity contribution in [2.75, 3.05) is 11.1 Å². The average molecular weight is 305 g/mol. The third kappa shape index (κ3) is 3.16. The van der Waals surface area contributed by atoms with Gasteiger partial charge >= 0.3 is 0 Å². The monoisotopic (exact) mass is 305 g/mol. The van der Waals surface area contributed by atoms with E-state index in [0.717, 1.165) is 11.1 Å². The number of aromatic nitrogens is 3. The van der Waals surface area contributed by atoms with Crippen molar-refractivity contribution >= 4 is 17.4 Å². The number of nitrogens with zero attached hydrogens (tertiary/aromatic N) is 3. The van der Waals surface area contributed by atoms with Gasteiger partial charge in [0.05, 0.1) is 11.4 Å². The summed E-state index contributed by atoms with van der Waals surface area (Å²) in [4.78, 5) is 24.5. The number of nitrogen functional groups attached to an aromatic ring is 1. The molecule has 114 valence electrons. The zero-order chi connectivity index (χ0) is 16.2. The van der Waals surface area contributed by atoms with Crippen molar-refractivity contribution in [3.8, 4) is 11.1 Å². The molecule has 0 atom stereocenters. The minimum atomic E-state index is -0.411. The van der Waals surface area contributed by atoms with Crippen LogP contribution in [0.5, 0.6) is 0 Å². The number of hydrogen-bond acceptors (Lipinski definition) is 5. The van der Waals surface area contributed by atoms with Gasteiger partial charge in [0.25, 0.3) is 5.91 Å². The van der Waals surface area contributed by atoms with Crippen LogP contribution in [0.1, 0.15) is 16.2 Å². The van der Waals surface area contributed by atoms with Crippen LogP contribution >= 0.6 is 0 Å². The van der Waals surface area contributed by atoms with E-state index in [2.05, 4.69) is 20.3 Å². The molecule has 0 unspecified atom stereocenters. The molecule has 0 fully saturated rings. The molecule has 0 saturated heterocycles. The van der Waals surface area contributed by atoms with Crippen molar-refractivity contribution in [2.24, 2.45) is 0 Å². The predicted octanol–water partition coefficient (Wildman–Crippen LogP) is 2.68. The summed E-state index contributed by atoms with van der Waals surface area (Å²) in [7, 11) is 0. The van der Waals surface area contributed by atoms with Crippen LogP contribution in [0, 0.1) is 6.92 Å². The lowest BCUT2D eigenvalue weighted by molar-refractivity contribution is 0.102. The van der Waals surface area contributed by atoms with E-state index in [0.29, 0.717) is 11.4 Å². The molecular formula is C17H15N5O. The number of nitrogens with two attached hydrogens (primary N) is 1. The van der Waals surface area contributed by atoms with Crippen molar-refractivity contribution in [3.63, 3.8) is 0 Å². The van der Waals surface area contributed by atoms with E-state index >= 15 is 0 Å². The number of anilines is 2. The van der Waals surface area contributed by atoms with Gasteiger partial charge < -0.3 is 11.1 Å². The van der Waals surface area contributed by atoms with Crippen LogP contribution in [0.3, 0.4) is 0 Å². The first-order valence-electron chi connectivity index (χ1n) is 7.05. The Morgan fingerprint density at radius 2 is 1.78 bits per heavy atom. The van der Waals surface area contributed by atoms with Crippen LogP contribution in [-0.2, 0) is 0 Å². The van der Waals surface area contributed by atoms with E-state index < -0.39 is 5.91 Å². The molecule has 1 amide bonds. The van der Waals surface area contributed by atoms with E-state index in [1.54, 1.807) is 6.20 Å². The Labute approximate surface area is 133 Å². The number of aryl methyl sites for hydroxylation is 1. The fraction of sp³-hybridized carbons (Fsp3) is 0.0588. The summed E-state index contributed by atoms with van der Waals surface area (Å²) in [5.41, 5.74) is 9.04. The Balaban J connectivity index is 1.91. The molecule has 3 rings (SSSR count). The van der Waals surface area contributed by atoms with Gasteiger partial charge in [-0.05, 0) is 18.6 Å². The lowest BCUT2D eigenvalue weighted by atomic mass is 10.1. The molecular weight excluding hydrogens is 290 g/mol. The molecule has 0 aliphatic rings. The smallest absolute Gasteiger partial charge is 0.278 e. The highest BCUT2D eigenvalue weighted by Gasteiger charge is 2.14. The van der Waals surface area contributed by atoms with E-state index in [4.69, 9.17) is 5.73 Å². The summed E-state index contributed by atoms with van der Waals surface area (Å²) < 4.78 is 0. The summed E-state index contributed by atoms with van der Waals surface area (Å²) >= 11 is 0. The summed E-state index contributed by atoms with van der Waals surface area (Å²) in [6.45, 7) is 1.82. The number of rotatable bonds is 3. The van der Waals surface area contributed by atoms with Crippen molar-refractivity contribution in [3.05, 3.63) is 66.4 Å². The Kier molecular flexibility index (Phi) is 3.97. The van der Waals surface area contributed by atoms with Gasteiger partial charge in [0.15, 0.2) is 11.5 Å². The first-order valence-corrected chi connectivity index (χ1v) is 7.05. The lowest BCUT2D eigenvalue weighted by Crippen LogP contribution is -2.17. The topological polar surface area (TPSA) is 93.8 Å². The van der Waals surface area contributed by atoms with Gasteiger partial charge in [-0.15, -0.1) is 0 Å². The number of nitrogens with one attached hydrogen (secondary N) is 1. The maximum atomic E-state index is 12.3. The molecule has 3 aromatic rings. The van der Waals surface area contributed by atoms with Crippen LogP contribution in [0.4, 0.5) is 11.5 Å². The van der Waals surface area contributed by atoms with Crippen LogP contribution in [-0.4, -0.2) is 20.9 Å². The molecule has 0 radical (unpaired) electrons. The largest absolute Gasteiger partial charge is 0.382 e. The first kappa shape index (κ1) is 14.6.